The van der Waals surface area contributed by atoms with E-state index in [0.717, 1.165) is 11.5 Å². The monoisotopic (exact) mass is 168 g/mol. The van der Waals surface area contributed by atoms with Crippen LogP contribution in [0, 0.1) is 0 Å². The van der Waals surface area contributed by atoms with Gasteiger partial charge < -0.3 is 0 Å². The Morgan fingerprint density at radius 2 is 2.36 bits per heavy atom. The zero-order valence-electron chi connectivity index (χ0n) is 6.13. The van der Waals surface area contributed by atoms with Crippen LogP contribution in [0.1, 0.15) is 30.3 Å². The van der Waals surface area contributed by atoms with Gasteiger partial charge in [0.1, 0.15) is 5.82 Å². The van der Waals surface area contributed by atoms with Gasteiger partial charge in [0.25, 0.3) is 0 Å². The van der Waals surface area contributed by atoms with E-state index in [1.54, 1.807) is 6.20 Å². The molecule has 1 saturated carbocycles. The molecule has 2 rings (SSSR count). The minimum atomic E-state index is 0.417. The summed E-state index contributed by atoms with van der Waals surface area (Å²) in [6, 6.07) is 1.98. The van der Waals surface area contributed by atoms with E-state index in [1.165, 1.54) is 12.8 Å². The molecule has 1 aliphatic carbocycles. The summed E-state index contributed by atoms with van der Waals surface area (Å²) in [5.74, 6) is 1.86. The van der Waals surface area contributed by atoms with E-state index in [4.69, 9.17) is 11.6 Å². The van der Waals surface area contributed by atoms with E-state index in [-0.39, 0.29) is 0 Å². The summed E-state index contributed by atoms with van der Waals surface area (Å²) in [6.45, 7) is 0. The molecule has 1 aromatic heterocycles. The molecule has 0 bridgehead atoms. The summed E-state index contributed by atoms with van der Waals surface area (Å²) >= 11 is 5.60. The highest BCUT2D eigenvalue weighted by Gasteiger charge is 2.24. The Hall–Kier alpha value is -0.630. The van der Waals surface area contributed by atoms with Crippen LogP contribution >= 0.6 is 11.6 Å². The Balaban J connectivity index is 2.26. The highest BCUT2D eigenvalue weighted by molar-refractivity contribution is 6.16. The van der Waals surface area contributed by atoms with Gasteiger partial charge in [-0.15, -0.1) is 11.6 Å². The summed E-state index contributed by atoms with van der Waals surface area (Å²) in [4.78, 5) is 8.34. The second kappa shape index (κ2) is 2.78. The fraction of sp³-hybridized carbons (Fsp3) is 0.500. The Labute approximate surface area is 70.6 Å². The molecule has 0 saturated heterocycles. The molecule has 0 aromatic carbocycles. The molecule has 2 nitrogen and oxygen atoms in total. The Bertz CT molecular complexity index is 258. The van der Waals surface area contributed by atoms with Crippen LogP contribution in [0.4, 0.5) is 0 Å². The lowest BCUT2D eigenvalue weighted by Crippen LogP contribution is -1.94. The third kappa shape index (κ3) is 1.51. The standard InChI is InChI=1S/C8H9ClN2/c9-5-8-10-4-3-7(11-8)6-1-2-6/h3-4,6H,1-2,5H2. The summed E-state index contributed by atoms with van der Waals surface area (Å²) in [7, 11) is 0. The number of nitrogens with zero attached hydrogens (tertiary/aromatic N) is 2. The van der Waals surface area contributed by atoms with Gasteiger partial charge in [-0.05, 0) is 18.9 Å². The maximum Gasteiger partial charge on any atom is 0.143 e. The van der Waals surface area contributed by atoms with Crippen molar-refractivity contribution in [3.8, 4) is 0 Å². The average molecular weight is 169 g/mol. The lowest BCUT2D eigenvalue weighted by Gasteiger charge is -1.97. The van der Waals surface area contributed by atoms with Gasteiger partial charge >= 0.3 is 0 Å². The highest BCUT2D eigenvalue weighted by Crippen LogP contribution is 2.38. The predicted molar refractivity (Wildman–Crippen MR) is 43.6 cm³/mol. The minimum absolute atomic E-state index is 0.417. The lowest BCUT2D eigenvalue weighted by atomic mass is 10.3. The number of hydrogen-bond acceptors (Lipinski definition) is 2. The molecule has 1 aromatic rings. The van der Waals surface area contributed by atoms with E-state index < -0.39 is 0 Å². The SMILES string of the molecule is ClCc1nccc(C2CC2)n1. The highest BCUT2D eigenvalue weighted by atomic mass is 35.5. The number of hydrogen-bond donors (Lipinski definition) is 0. The largest absolute Gasteiger partial charge is 0.240 e. The molecule has 11 heavy (non-hydrogen) atoms. The maximum atomic E-state index is 5.60. The van der Waals surface area contributed by atoms with Crippen LogP contribution in [0.25, 0.3) is 0 Å². The van der Waals surface area contributed by atoms with Gasteiger partial charge in [-0.3, -0.25) is 0 Å². The molecular formula is C8H9ClN2. The summed E-state index contributed by atoms with van der Waals surface area (Å²) in [5, 5.41) is 0. The van der Waals surface area contributed by atoms with Crippen LogP contribution in [0.3, 0.4) is 0 Å². The molecule has 1 fully saturated rings. The van der Waals surface area contributed by atoms with Crippen molar-refractivity contribution >= 4 is 11.6 Å². The quantitative estimate of drug-likeness (QED) is 0.632. The predicted octanol–water partition coefficient (Wildman–Crippen LogP) is 2.09. The van der Waals surface area contributed by atoms with Crippen molar-refractivity contribution in [1.82, 2.24) is 9.97 Å². The second-order valence-corrected chi connectivity index (χ2v) is 3.07. The van der Waals surface area contributed by atoms with Crippen LogP contribution in [-0.2, 0) is 5.88 Å². The van der Waals surface area contributed by atoms with Crippen LogP contribution in [-0.4, -0.2) is 9.97 Å². The van der Waals surface area contributed by atoms with E-state index in [9.17, 15) is 0 Å². The molecule has 0 unspecified atom stereocenters. The summed E-state index contributed by atoms with van der Waals surface area (Å²) in [5.41, 5.74) is 1.16. The first-order valence-corrected chi connectivity index (χ1v) is 4.31. The summed E-state index contributed by atoms with van der Waals surface area (Å²) in [6.07, 6.45) is 4.34. The first-order valence-electron chi connectivity index (χ1n) is 3.78. The van der Waals surface area contributed by atoms with Gasteiger partial charge in [-0.2, -0.15) is 0 Å². The zero-order valence-corrected chi connectivity index (χ0v) is 6.88. The molecule has 0 atom stereocenters. The molecule has 58 valence electrons. The first kappa shape index (κ1) is 7.04. The van der Waals surface area contributed by atoms with E-state index in [1.807, 2.05) is 6.07 Å². The van der Waals surface area contributed by atoms with Gasteiger partial charge in [0.05, 0.1) is 5.88 Å². The molecule has 0 N–H and O–H groups in total. The van der Waals surface area contributed by atoms with E-state index in [0.29, 0.717) is 11.8 Å². The van der Waals surface area contributed by atoms with Gasteiger partial charge in [0.15, 0.2) is 0 Å². The van der Waals surface area contributed by atoms with Gasteiger partial charge in [-0.1, -0.05) is 0 Å². The van der Waals surface area contributed by atoms with Gasteiger partial charge in [0, 0.05) is 17.8 Å². The van der Waals surface area contributed by atoms with E-state index >= 15 is 0 Å². The van der Waals surface area contributed by atoms with Crippen molar-refractivity contribution in [2.24, 2.45) is 0 Å². The number of rotatable bonds is 2. The Morgan fingerprint density at radius 3 is 3.00 bits per heavy atom. The van der Waals surface area contributed by atoms with Crippen molar-refractivity contribution in [3.05, 3.63) is 23.8 Å². The van der Waals surface area contributed by atoms with Crippen LogP contribution in [0.5, 0.6) is 0 Å². The van der Waals surface area contributed by atoms with Gasteiger partial charge in [-0.25, -0.2) is 9.97 Å². The van der Waals surface area contributed by atoms with Crippen molar-refractivity contribution in [3.63, 3.8) is 0 Å². The average Bonchev–Trinajstić information content (AvgIpc) is 2.87. The van der Waals surface area contributed by atoms with Crippen molar-refractivity contribution in [1.29, 1.82) is 0 Å². The molecule has 0 spiro atoms. The smallest absolute Gasteiger partial charge is 0.143 e. The van der Waals surface area contributed by atoms with E-state index in [2.05, 4.69) is 9.97 Å². The Morgan fingerprint density at radius 1 is 1.55 bits per heavy atom. The molecule has 1 heterocycles. The van der Waals surface area contributed by atoms with Crippen LogP contribution in [0.2, 0.25) is 0 Å². The Kier molecular flexibility index (Phi) is 1.78. The number of aromatic nitrogens is 2. The summed E-state index contributed by atoms with van der Waals surface area (Å²) < 4.78 is 0. The fourth-order valence-electron chi connectivity index (χ4n) is 1.09. The van der Waals surface area contributed by atoms with Crippen LogP contribution in [0.15, 0.2) is 12.3 Å². The van der Waals surface area contributed by atoms with Crippen molar-refractivity contribution < 1.29 is 0 Å². The minimum Gasteiger partial charge on any atom is -0.240 e. The lowest BCUT2D eigenvalue weighted by molar-refractivity contribution is 0.929. The molecule has 0 aliphatic heterocycles. The first-order chi connectivity index (χ1) is 5.40. The molecule has 1 aliphatic rings. The van der Waals surface area contributed by atoms with Gasteiger partial charge in [0.2, 0.25) is 0 Å². The van der Waals surface area contributed by atoms with Crippen molar-refractivity contribution in [2.45, 2.75) is 24.6 Å². The second-order valence-electron chi connectivity index (χ2n) is 2.81. The topological polar surface area (TPSA) is 25.8 Å². The fourth-order valence-corrected chi connectivity index (χ4v) is 1.21. The third-order valence-electron chi connectivity index (χ3n) is 1.84. The number of alkyl halides is 1. The normalized spacial score (nSPS) is 16.8. The molecule has 0 radical (unpaired) electrons. The number of halogens is 1. The third-order valence-corrected chi connectivity index (χ3v) is 2.08. The maximum absolute atomic E-state index is 5.60. The van der Waals surface area contributed by atoms with Crippen LogP contribution < -0.4 is 0 Å². The van der Waals surface area contributed by atoms with Crippen molar-refractivity contribution in [2.75, 3.05) is 0 Å². The molecular weight excluding hydrogens is 160 g/mol. The zero-order chi connectivity index (χ0) is 7.68. The molecule has 0 amide bonds. The molecule has 3 heteroatoms.